The van der Waals surface area contributed by atoms with Crippen LogP contribution in [0.2, 0.25) is 0 Å². The third-order valence-electron chi connectivity index (χ3n) is 1.62. The molecule has 0 amide bonds. The molecule has 1 rings (SSSR count). The number of carbonyl (C=O) groups excluding carboxylic acids is 1. The zero-order chi connectivity index (χ0) is 10.0. The van der Waals surface area contributed by atoms with E-state index in [1.54, 1.807) is 0 Å². The normalized spacial score (nSPS) is 12.6. The van der Waals surface area contributed by atoms with Gasteiger partial charge in [0.25, 0.3) is 0 Å². The molecule has 0 N–H and O–H groups in total. The quantitative estimate of drug-likeness (QED) is 0.640. The van der Waals surface area contributed by atoms with Crippen molar-refractivity contribution in [1.29, 1.82) is 0 Å². The van der Waals surface area contributed by atoms with Crippen LogP contribution in [-0.2, 0) is 4.79 Å². The molecule has 4 heteroatoms. The molecule has 0 radical (unpaired) electrons. The molecule has 0 aliphatic rings. The molecular formula is C9H8BrFOS. The summed E-state index contributed by atoms with van der Waals surface area (Å²) in [7, 11) is 0. The Bertz CT molecular complexity index is 340. The predicted octanol–water partition coefficient (Wildman–Crippen LogP) is 3.14. The monoisotopic (exact) mass is 262 g/mol. The highest BCUT2D eigenvalue weighted by Gasteiger charge is 2.15. The maximum atomic E-state index is 12.8. The number of thiol groups is 1. The number of hydrogen-bond donors (Lipinski definition) is 1. The molecule has 70 valence electrons. The summed E-state index contributed by atoms with van der Waals surface area (Å²) in [4.78, 5) is 11.1. The van der Waals surface area contributed by atoms with Crippen molar-refractivity contribution < 1.29 is 9.18 Å². The van der Waals surface area contributed by atoms with Gasteiger partial charge in [-0.25, -0.2) is 4.39 Å². The minimum atomic E-state index is -0.476. The molecule has 0 bridgehead atoms. The fourth-order valence-corrected chi connectivity index (χ4v) is 1.77. The van der Waals surface area contributed by atoms with Gasteiger partial charge in [0.2, 0.25) is 0 Å². The van der Waals surface area contributed by atoms with Gasteiger partial charge in [-0.1, -0.05) is 15.9 Å². The van der Waals surface area contributed by atoms with Gasteiger partial charge in [0.15, 0.2) is 0 Å². The second-order valence-corrected chi connectivity index (χ2v) is 4.07. The van der Waals surface area contributed by atoms with Crippen LogP contribution in [0.15, 0.2) is 23.1 Å². The minimum Gasteiger partial charge on any atom is -0.298 e. The molecule has 0 fully saturated rings. The lowest BCUT2D eigenvalue weighted by Crippen LogP contribution is -2.02. The first-order chi connectivity index (χ1) is 6.02. The summed E-state index contributed by atoms with van der Waals surface area (Å²) in [6, 6.07) is 4.15. The fraction of sp³-hybridized carbons (Fsp3) is 0.222. The van der Waals surface area contributed by atoms with Crippen LogP contribution in [0.4, 0.5) is 4.39 Å². The molecule has 0 spiro atoms. The first-order valence-corrected chi connectivity index (χ1v) is 5.01. The lowest BCUT2D eigenvalue weighted by atomic mass is 10.1. The van der Waals surface area contributed by atoms with E-state index in [4.69, 9.17) is 0 Å². The number of rotatable bonds is 2. The summed E-state index contributed by atoms with van der Waals surface area (Å²) >= 11 is 7.30. The average molecular weight is 263 g/mol. The van der Waals surface area contributed by atoms with Crippen LogP contribution in [-0.4, -0.2) is 5.78 Å². The van der Waals surface area contributed by atoms with Crippen molar-refractivity contribution in [3.63, 3.8) is 0 Å². The molecule has 0 saturated heterocycles. The smallest absolute Gasteiger partial charge is 0.147 e. The van der Waals surface area contributed by atoms with E-state index in [2.05, 4.69) is 28.6 Å². The Kier molecular flexibility index (Phi) is 3.50. The van der Waals surface area contributed by atoms with Crippen molar-refractivity contribution >= 4 is 34.3 Å². The number of carbonyl (C=O) groups is 1. The number of halogens is 2. The molecule has 0 aromatic heterocycles. The van der Waals surface area contributed by atoms with Gasteiger partial charge in [0.1, 0.15) is 11.6 Å². The van der Waals surface area contributed by atoms with Gasteiger partial charge in [0, 0.05) is 4.90 Å². The molecule has 0 saturated carbocycles. The molecule has 13 heavy (non-hydrogen) atoms. The Labute approximate surface area is 89.9 Å². The lowest BCUT2D eigenvalue weighted by molar-refractivity contribution is -0.116. The lowest BCUT2D eigenvalue weighted by Gasteiger charge is -2.08. The van der Waals surface area contributed by atoms with Crippen LogP contribution in [0.5, 0.6) is 0 Å². The SMILES string of the molecule is CC(=O)C(Br)c1cc(F)ccc1S. The number of hydrogen-bond acceptors (Lipinski definition) is 2. The highest BCUT2D eigenvalue weighted by Crippen LogP contribution is 2.29. The summed E-state index contributed by atoms with van der Waals surface area (Å²) < 4.78 is 12.8. The molecule has 1 nitrogen and oxygen atoms in total. The summed E-state index contributed by atoms with van der Waals surface area (Å²) in [6.45, 7) is 1.44. The van der Waals surface area contributed by atoms with Gasteiger partial charge in [-0.3, -0.25) is 4.79 Å². The molecule has 0 aliphatic carbocycles. The molecule has 1 aromatic carbocycles. The molecule has 0 aliphatic heterocycles. The average Bonchev–Trinajstić information content (AvgIpc) is 2.08. The first kappa shape index (κ1) is 10.7. The van der Waals surface area contributed by atoms with Gasteiger partial charge in [-0.15, -0.1) is 12.6 Å². The van der Waals surface area contributed by atoms with Crippen molar-refractivity contribution in [2.45, 2.75) is 16.6 Å². The van der Waals surface area contributed by atoms with E-state index in [0.29, 0.717) is 10.5 Å². The van der Waals surface area contributed by atoms with Crippen LogP contribution in [0.1, 0.15) is 17.3 Å². The van der Waals surface area contributed by atoms with Crippen LogP contribution < -0.4 is 0 Å². The summed E-state index contributed by atoms with van der Waals surface area (Å²) in [5, 5.41) is 0. The van der Waals surface area contributed by atoms with E-state index in [1.165, 1.54) is 25.1 Å². The fourth-order valence-electron chi connectivity index (χ4n) is 0.947. The minimum absolute atomic E-state index is 0.0686. The largest absolute Gasteiger partial charge is 0.298 e. The first-order valence-electron chi connectivity index (χ1n) is 3.65. The summed E-state index contributed by atoms with van der Waals surface area (Å²) in [5.74, 6) is -0.431. The molecule has 1 aromatic rings. The standard InChI is InChI=1S/C9H8BrFOS/c1-5(12)9(10)7-4-6(11)2-3-8(7)13/h2-4,9,13H,1H3. The Morgan fingerprint density at radius 2 is 2.23 bits per heavy atom. The Balaban J connectivity index is 3.12. The van der Waals surface area contributed by atoms with Crippen LogP contribution in [0, 0.1) is 5.82 Å². The van der Waals surface area contributed by atoms with Crippen molar-refractivity contribution in [1.82, 2.24) is 0 Å². The predicted molar refractivity (Wildman–Crippen MR) is 56.0 cm³/mol. The third-order valence-corrected chi connectivity index (χ3v) is 3.16. The van der Waals surface area contributed by atoms with Gasteiger partial charge < -0.3 is 0 Å². The van der Waals surface area contributed by atoms with Crippen molar-refractivity contribution in [3.8, 4) is 0 Å². The maximum Gasteiger partial charge on any atom is 0.147 e. The zero-order valence-electron chi connectivity index (χ0n) is 6.92. The highest BCUT2D eigenvalue weighted by molar-refractivity contribution is 9.09. The number of Topliss-reactive ketones (excluding diaryl/α,β-unsaturated/α-hetero) is 1. The second kappa shape index (κ2) is 4.24. The zero-order valence-corrected chi connectivity index (χ0v) is 9.40. The van der Waals surface area contributed by atoms with E-state index in [0.717, 1.165) is 0 Å². The second-order valence-electron chi connectivity index (χ2n) is 2.68. The van der Waals surface area contributed by atoms with Crippen LogP contribution in [0.3, 0.4) is 0 Å². The van der Waals surface area contributed by atoms with Crippen molar-refractivity contribution in [3.05, 3.63) is 29.6 Å². The molecular weight excluding hydrogens is 255 g/mol. The van der Waals surface area contributed by atoms with Crippen molar-refractivity contribution in [2.24, 2.45) is 0 Å². The Morgan fingerprint density at radius 3 is 2.77 bits per heavy atom. The Hall–Kier alpha value is -0.350. The molecule has 1 atom stereocenters. The number of benzene rings is 1. The van der Waals surface area contributed by atoms with E-state index >= 15 is 0 Å². The van der Waals surface area contributed by atoms with E-state index in [-0.39, 0.29) is 11.6 Å². The number of alkyl halides is 1. The van der Waals surface area contributed by atoms with Gasteiger partial charge >= 0.3 is 0 Å². The number of ketones is 1. The topological polar surface area (TPSA) is 17.1 Å². The van der Waals surface area contributed by atoms with Gasteiger partial charge in [-0.05, 0) is 30.7 Å². The van der Waals surface area contributed by atoms with E-state index in [1.807, 2.05) is 0 Å². The summed E-state index contributed by atoms with van der Waals surface area (Å²) in [6.07, 6.45) is 0. The molecule has 1 unspecified atom stereocenters. The summed E-state index contributed by atoms with van der Waals surface area (Å²) in [5.41, 5.74) is 0.566. The van der Waals surface area contributed by atoms with Crippen molar-refractivity contribution in [2.75, 3.05) is 0 Å². The third kappa shape index (κ3) is 2.54. The van der Waals surface area contributed by atoms with Gasteiger partial charge in [-0.2, -0.15) is 0 Å². The maximum absolute atomic E-state index is 12.8. The van der Waals surface area contributed by atoms with E-state index in [9.17, 15) is 9.18 Å². The van der Waals surface area contributed by atoms with E-state index < -0.39 is 4.83 Å². The van der Waals surface area contributed by atoms with Crippen LogP contribution >= 0.6 is 28.6 Å². The Morgan fingerprint density at radius 1 is 1.62 bits per heavy atom. The van der Waals surface area contributed by atoms with Crippen LogP contribution in [0.25, 0.3) is 0 Å². The molecule has 0 heterocycles. The van der Waals surface area contributed by atoms with Gasteiger partial charge in [0.05, 0.1) is 4.83 Å². The highest BCUT2D eigenvalue weighted by atomic mass is 79.9.